The van der Waals surface area contributed by atoms with Crippen LogP contribution in [0.4, 0.5) is 5.69 Å². The monoisotopic (exact) mass is 407 g/mol. The Kier molecular flexibility index (Phi) is 4.34. The molecule has 2 aromatic rings. The van der Waals surface area contributed by atoms with E-state index in [0.29, 0.717) is 11.4 Å². The quantitative estimate of drug-likeness (QED) is 0.726. The van der Waals surface area contributed by atoms with Gasteiger partial charge in [-0.15, -0.1) is 0 Å². The van der Waals surface area contributed by atoms with Crippen LogP contribution in [0.2, 0.25) is 0 Å². The molecule has 0 saturated carbocycles. The molecule has 3 aliphatic rings. The molecule has 0 aromatic heterocycles. The van der Waals surface area contributed by atoms with E-state index in [1.807, 2.05) is 31.2 Å². The minimum atomic E-state index is -0.891. The van der Waals surface area contributed by atoms with Gasteiger partial charge in [-0.3, -0.25) is 9.59 Å². The van der Waals surface area contributed by atoms with Crippen LogP contribution in [-0.2, 0) is 9.59 Å². The summed E-state index contributed by atoms with van der Waals surface area (Å²) in [5, 5.41) is 4.34. The van der Waals surface area contributed by atoms with E-state index < -0.39 is 11.5 Å². The number of carbonyl (C=O) groups is 2. The first-order chi connectivity index (χ1) is 14.5. The van der Waals surface area contributed by atoms with E-state index in [0.717, 1.165) is 30.8 Å². The highest BCUT2D eigenvalue weighted by molar-refractivity contribution is 6.26. The minimum Gasteiger partial charge on any atom is -0.497 e. The van der Waals surface area contributed by atoms with Crippen molar-refractivity contribution in [1.29, 1.82) is 0 Å². The molecule has 0 aliphatic carbocycles. The zero-order valence-corrected chi connectivity index (χ0v) is 17.4. The summed E-state index contributed by atoms with van der Waals surface area (Å²) in [6, 6.07) is 14.7. The molecule has 2 amide bonds. The summed E-state index contributed by atoms with van der Waals surface area (Å²) in [5.41, 5.74) is 0.716. The molecule has 0 N–H and O–H groups in total. The van der Waals surface area contributed by atoms with Gasteiger partial charge in [0.05, 0.1) is 31.9 Å². The Hall–Kier alpha value is -2.90. The Labute approximate surface area is 175 Å². The predicted molar refractivity (Wildman–Crippen MR) is 111 cm³/mol. The molecule has 0 unspecified atom stereocenters. The molecule has 0 radical (unpaired) electrons. The summed E-state index contributed by atoms with van der Waals surface area (Å²) in [6.45, 7) is 3.53. The van der Waals surface area contributed by atoms with E-state index in [1.54, 1.807) is 38.5 Å². The number of hydrogen-bond donors (Lipinski definition) is 0. The number of nitrogens with zero attached hydrogens (tertiary/aromatic N) is 3. The minimum absolute atomic E-state index is 0.150. The van der Waals surface area contributed by atoms with Crippen molar-refractivity contribution in [2.45, 2.75) is 24.9 Å². The number of hydrogen-bond acceptors (Lipinski definition) is 6. The van der Waals surface area contributed by atoms with Gasteiger partial charge in [0, 0.05) is 13.1 Å². The van der Waals surface area contributed by atoms with Gasteiger partial charge in [-0.1, -0.05) is 12.1 Å². The third-order valence-electron chi connectivity index (χ3n) is 6.76. The lowest BCUT2D eigenvalue weighted by atomic mass is 9.81. The molecule has 3 fully saturated rings. The first kappa shape index (κ1) is 19.1. The summed E-state index contributed by atoms with van der Waals surface area (Å²) in [5.74, 6) is 0.673. The lowest BCUT2D eigenvalue weighted by Crippen LogP contribution is -2.52. The van der Waals surface area contributed by atoms with Gasteiger partial charge in [0.2, 0.25) is 5.91 Å². The highest BCUT2D eigenvalue weighted by Crippen LogP contribution is 2.54. The maximum absolute atomic E-state index is 13.7. The molecule has 156 valence electrons. The second kappa shape index (κ2) is 6.82. The van der Waals surface area contributed by atoms with Gasteiger partial charge < -0.3 is 9.47 Å². The summed E-state index contributed by atoms with van der Waals surface area (Å²) >= 11 is 0. The third-order valence-corrected chi connectivity index (χ3v) is 6.76. The number of amides is 2. The molecule has 0 bridgehead atoms. The SMILES string of the molecule is COc1ccc([C@H]2[C@H]3C(=O)N(c4ccc(OC)cc4)C(=O)[C@]3(C)N3CCCN23)cc1. The zero-order valence-electron chi connectivity index (χ0n) is 17.4. The lowest BCUT2D eigenvalue weighted by molar-refractivity contribution is -0.131. The fourth-order valence-electron chi connectivity index (χ4n) is 5.29. The molecule has 5 rings (SSSR count). The number of rotatable bonds is 4. The summed E-state index contributed by atoms with van der Waals surface area (Å²) in [4.78, 5) is 28.7. The largest absolute Gasteiger partial charge is 0.497 e. The van der Waals surface area contributed by atoms with Crippen LogP contribution in [0.5, 0.6) is 11.5 Å². The van der Waals surface area contributed by atoms with Crippen molar-refractivity contribution in [3.8, 4) is 11.5 Å². The van der Waals surface area contributed by atoms with Crippen LogP contribution >= 0.6 is 0 Å². The Bertz CT molecular complexity index is 991. The van der Waals surface area contributed by atoms with Gasteiger partial charge in [0.25, 0.3) is 5.91 Å². The highest BCUT2D eigenvalue weighted by Gasteiger charge is 2.70. The maximum Gasteiger partial charge on any atom is 0.256 e. The number of hydrazine groups is 1. The topological polar surface area (TPSA) is 62.3 Å². The molecule has 2 aromatic carbocycles. The van der Waals surface area contributed by atoms with Crippen molar-refractivity contribution in [3.05, 3.63) is 54.1 Å². The van der Waals surface area contributed by atoms with E-state index in [1.165, 1.54) is 4.90 Å². The molecule has 3 saturated heterocycles. The number of anilines is 1. The number of imide groups is 1. The molecule has 3 heterocycles. The smallest absolute Gasteiger partial charge is 0.256 e. The number of benzene rings is 2. The van der Waals surface area contributed by atoms with Gasteiger partial charge in [-0.25, -0.2) is 14.9 Å². The number of fused-ring (bicyclic) bond motifs is 3. The van der Waals surface area contributed by atoms with Gasteiger partial charge in [0.15, 0.2) is 0 Å². The lowest BCUT2D eigenvalue weighted by Gasteiger charge is -2.33. The van der Waals surface area contributed by atoms with E-state index in [9.17, 15) is 9.59 Å². The van der Waals surface area contributed by atoms with Crippen LogP contribution in [0.15, 0.2) is 48.5 Å². The van der Waals surface area contributed by atoms with Crippen molar-refractivity contribution >= 4 is 17.5 Å². The summed E-state index contributed by atoms with van der Waals surface area (Å²) in [7, 11) is 3.23. The maximum atomic E-state index is 13.7. The van der Waals surface area contributed by atoms with Crippen molar-refractivity contribution in [2.75, 3.05) is 32.2 Å². The molecular weight excluding hydrogens is 382 g/mol. The van der Waals surface area contributed by atoms with Crippen LogP contribution < -0.4 is 14.4 Å². The highest BCUT2D eigenvalue weighted by atomic mass is 16.5. The molecule has 3 atom stereocenters. The van der Waals surface area contributed by atoms with Gasteiger partial charge in [0.1, 0.15) is 17.0 Å². The molecule has 7 heteroatoms. The molecule has 7 nitrogen and oxygen atoms in total. The average Bonchev–Trinajstić information content (AvgIpc) is 3.40. The van der Waals surface area contributed by atoms with Crippen LogP contribution in [0, 0.1) is 5.92 Å². The van der Waals surface area contributed by atoms with Gasteiger partial charge in [-0.2, -0.15) is 0 Å². The van der Waals surface area contributed by atoms with Crippen LogP contribution in [0.1, 0.15) is 24.9 Å². The summed E-state index contributed by atoms with van der Waals surface area (Å²) in [6.07, 6.45) is 0.971. The fraction of sp³-hybridized carbons (Fsp3) is 0.391. The van der Waals surface area contributed by atoms with Crippen LogP contribution in [0.3, 0.4) is 0 Å². The number of ether oxygens (including phenoxy) is 2. The van der Waals surface area contributed by atoms with Crippen molar-refractivity contribution in [2.24, 2.45) is 5.92 Å². The Morgan fingerprint density at radius 1 is 0.900 bits per heavy atom. The summed E-state index contributed by atoms with van der Waals surface area (Å²) < 4.78 is 10.5. The van der Waals surface area contributed by atoms with E-state index in [-0.39, 0.29) is 17.9 Å². The Morgan fingerprint density at radius 2 is 1.50 bits per heavy atom. The van der Waals surface area contributed by atoms with Gasteiger partial charge in [-0.05, 0) is 55.3 Å². The molecule has 0 spiro atoms. The second-order valence-corrected chi connectivity index (χ2v) is 8.16. The molecule has 30 heavy (non-hydrogen) atoms. The zero-order chi connectivity index (χ0) is 21.0. The van der Waals surface area contributed by atoms with Crippen molar-refractivity contribution in [1.82, 2.24) is 10.0 Å². The first-order valence-electron chi connectivity index (χ1n) is 10.2. The predicted octanol–water partition coefficient (Wildman–Crippen LogP) is 2.63. The third kappa shape index (κ3) is 2.45. The second-order valence-electron chi connectivity index (χ2n) is 8.16. The Morgan fingerprint density at radius 3 is 2.10 bits per heavy atom. The van der Waals surface area contributed by atoms with E-state index in [2.05, 4.69) is 10.0 Å². The first-order valence-corrected chi connectivity index (χ1v) is 10.2. The Balaban J connectivity index is 1.58. The molecular formula is C23H25N3O4. The van der Waals surface area contributed by atoms with Crippen LogP contribution in [0.25, 0.3) is 0 Å². The van der Waals surface area contributed by atoms with Crippen LogP contribution in [-0.4, -0.2) is 54.7 Å². The van der Waals surface area contributed by atoms with E-state index in [4.69, 9.17) is 9.47 Å². The van der Waals surface area contributed by atoms with Crippen molar-refractivity contribution in [3.63, 3.8) is 0 Å². The number of methoxy groups -OCH3 is 2. The molecule has 3 aliphatic heterocycles. The van der Waals surface area contributed by atoms with E-state index >= 15 is 0 Å². The fourth-order valence-corrected chi connectivity index (χ4v) is 5.29. The number of carbonyl (C=O) groups excluding carboxylic acids is 2. The average molecular weight is 407 g/mol. The standard InChI is InChI=1S/C23H25N3O4/c1-23-19(21(27)26(22(23)28)16-7-11-18(30-3)12-8-16)20(24-13-4-14-25(23)24)15-5-9-17(29-2)10-6-15/h5-12,19-20H,4,13-14H2,1-3H3/t19-,20-,23+/m0/s1. The van der Waals surface area contributed by atoms with Crippen molar-refractivity contribution < 1.29 is 19.1 Å². The normalized spacial score (nSPS) is 28.7. The van der Waals surface area contributed by atoms with Gasteiger partial charge >= 0.3 is 0 Å².